The standard InChI is InChI=1S/C19H11FN4O2/c20-14-5-1-3-7-16(14)24-11-12(10-22-24)18(25)13(9-21)19-23-15-6-2-4-8-17(15)26-19/h1-8,10-11,13H/t13-/m1/s1. The highest BCUT2D eigenvalue weighted by molar-refractivity contribution is 6.02. The van der Waals surface area contributed by atoms with E-state index in [9.17, 15) is 14.4 Å². The summed E-state index contributed by atoms with van der Waals surface area (Å²) in [4.78, 5) is 16.9. The molecule has 0 N–H and O–H groups in total. The van der Waals surface area contributed by atoms with Crippen molar-refractivity contribution in [2.75, 3.05) is 0 Å². The minimum atomic E-state index is -1.21. The van der Waals surface area contributed by atoms with Crippen LogP contribution in [0.4, 0.5) is 4.39 Å². The van der Waals surface area contributed by atoms with Crippen molar-refractivity contribution < 1.29 is 13.6 Å². The van der Waals surface area contributed by atoms with Gasteiger partial charge in [-0.05, 0) is 24.3 Å². The largest absolute Gasteiger partial charge is 0.439 e. The van der Waals surface area contributed by atoms with E-state index in [2.05, 4.69) is 10.1 Å². The molecule has 0 aliphatic rings. The molecule has 1 atom stereocenters. The molecule has 0 amide bonds. The van der Waals surface area contributed by atoms with Gasteiger partial charge < -0.3 is 4.42 Å². The van der Waals surface area contributed by atoms with Crippen LogP contribution in [0, 0.1) is 17.1 Å². The Morgan fingerprint density at radius 2 is 1.96 bits per heavy atom. The number of oxazole rings is 1. The first-order valence-corrected chi connectivity index (χ1v) is 7.76. The minimum Gasteiger partial charge on any atom is -0.439 e. The maximum Gasteiger partial charge on any atom is 0.220 e. The van der Waals surface area contributed by atoms with Gasteiger partial charge in [-0.3, -0.25) is 4.79 Å². The van der Waals surface area contributed by atoms with Crippen molar-refractivity contribution in [2.45, 2.75) is 5.92 Å². The maximum atomic E-state index is 13.9. The molecular weight excluding hydrogens is 335 g/mol. The Hall–Kier alpha value is -3.79. The fourth-order valence-electron chi connectivity index (χ4n) is 2.63. The molecule has 0 saturated carbocycles. The van der Waals surface area contributed by atoms with E-state index in [1.807, 2.05) is 6.07 Å². The van der Waals surface area contributed by atoms with Crippen LogP contribution in [0.1, 0.15) is 22.2 Å². The van der Waals surface area contributed by atoms with Gasteiger partial charge in [0.1, 0.15) is 17.0 Å². The molecule has 4 aromatic rings. The first kappa shape index (κ1) is 15.7. The van der Waals surface area contributed by atoms with Crippen molar-refractivity contribution in [2.24, 2.45) is 0 Å². The first-order chi connectivity index (χ1) is 12.7. The van der Waals surface area contributed by atoms with E-state index in [-0.39, 0.29) is 17.1 Å². The van der Waals surface area contributed by atoms with Gasteiger partial charge in [-0.25, -0.2) is 14.1 Å². The average Bonchev–Trinajstić information content (AvgIpc) is 3.29. The van der Waals surface area contributed by atoms with E-state index >= 15 is 0 Å². The van der Waals surface area contributed by atoms with Gasteiger partial charge in [0.2, 0.25) is 5.89 Å². The van der Waals surface area contributed by atoms with Gasteiger partial charge in [-0.15, -0.1) is 0 Å². The Morgan fingerprint density at radius 1 is 1.19 bits per heavy atom. The zero-order chi connectivity index (χ0) is 18.1. The van der Waals surface area contributed by atoms with E-state index in [1.54, 1.807) is 42.5 Å². The molecule has 0 fully saturated rings. The van der Waals surface area contributed by atoms with E-state index in [0.717, 1.165) is 0 Å². The van der Waals surface area contributed by atoms with Crippen LogP contribution >= 0.6 is 0 Å². The third-order valence-electron chi connectivity index (χ3n) is 3.92. The van der Waals surface area contributed by atoms with Crippen molar-refractivity contribution in [3.05, 3.63) is 78.2 Å². The lowest BCUT2D eigenvalue weighted by Gasteiger charge is -2.03. The summed E-state index contributed by atoms with van der Waals surface area (Å²) in [7, 11) is 0. The second-order valence-corrected chi connectivity index (χ2v) is 5.57. The molecule has 2 aromatic carbocycles. The molecule has 0 spiro atoms. The van der Waals surface area contributed by atoms with Gasteiger partial charge in [-0.1, -0.05) is 24.3 Å². The molecule has 2 aromatic heterocycles. The fourth-order valence-corrected chi connectivity index (χ4v) is 2.63. The van der Waals surface area contributed by atoms with Crippen molar-refractivity contribution in [3.63, 3.8) is 0 Å². The van der Waals surface area contributed by atoms with E-state index < -0.39 is 17.5 Å². The lowest BCUT2D eigenvalue weighted by molar-refractivity contribution is 0.0970. The number of nitrogens with zero attached hydrogens (tertiary/aromatic N) is 4. The smallest absolute Gasteiger partial charge is 0.220 e. The van der Waals surface area contributed by atoms with Crippen molar-refractivity contribution in [1.82, 2.24) is 14.8 Å². The third kappa shape index (κ3) is 2.63. The Morgan fingerprint density at radius 3 is 2.73 bits per heavy atom. The molecule has 4 rings (SSSR count). The predicted octanol–water partition coefficient (Wildman–Crippen LogP) is 3.64. The fraction of sp³-hybridized carbons (Fsp3) is 0.0526. The van der Waals surface area contributed by atoms with Crippen molar-refractivity contribution in [3.8, 4) is 11.8 Å². The number of fused-ring (bicyclic) bond motifs is 1. The van der Waals surface area contributed by atoms with Gasteiger partial charge in [0.15, 0.2) is 17.3 Å². The summed E-state index contributed by atoms with van der Waals surface area (Å²) in [5, 5.41) is 13.5. The number of ketones is 1. The molecule has 7 heteroatoms. The van der Waals surface area contributed by atoms with Crippen molar-refractivity contribution >= 4 is 16.9 Å². The van der Waals surface area contributed by atoms with Crippen LogP contribution in [0.3, 0.4) is 0 Å². The summed E-state index contributed by atoms with van der Waals surface area (Å²) in [5.41, 5.74) is 1.44. The van der Waals surface area contributed by atoms with Crippen LogP contribution in [0.5, 0.6) is 0 Å². The van der Waals surface area contributed by atoms with Gasteiger partial charge in [0, 0.05) is 6.20 Å². The Balaban J connectivity index is 1.68. The lowest BCUT2D eigenvalue weighted by Crippen LogP contribution is -2.11. The quantitative estimate of drug-likeness (QED) is 0.527. The van der Waals surface area contributed by atoms with Crippen LogP contribution < -0.4 is 0 Å². The summed E-state index contributed by atoms with van der Waals surface area (Å²) in [6.07, 6.45) is 2.68. The maximum absolute atomic E-state index is 13.9. The average molecular weight is 346 g/mol. The Kier molecular flexibility index (Phi) is 3.78. The third-order valence-corrected chi connectivity index (χ3v) is 3.92. The van der Waals surface area contributed by atoms with E-state index in [0.29, 0.717) is 11.1 Å². The molecule has 0 aliphatic carbocycles. The molecule has 126 valence electrons. The number of hydrogen-bond acceptors (Lipinski definition) is 5. The molecule has 0 saturated heterocycles. The van der Waals surface area contributed by atoms with Gasteiger partial charge in [0.25, 0.3) is 0 Å². The van der Waals surface area contributed by atoms with Crippen LogP contribution in [-0.2, 0) is 0 Å². The number of carbonyl (C=O) groups is 1. The van der Waals surface area contributed by atoms with Gasteiger partial charge >= 0.3 is 0 Å². The second-order valence-electron chi connectivity index (χ2n) is 5.57. The Bertz CT molecular complexity index is 1120. The van der Waals surface area contributed by atoms with Crippen molar-refractivity contribution in [1.29, 1.82) is 5.26 Å². The molecule has 0 bridgehead atoms. The zero-order valence-corrected chi connectivity index (χ0v) is 13.3. The predicted molar refractivity (Wildman–Crippen MR) is 90.2 cm³/mol. The summed E-state index contributed by atoms with van der Waals surface area (Å²) in [6.45, 7) is 0. The number of nitriles is 1. The Labute approximate surface area is 147 Å². The van der Waals surface area contributed by atoms with Crippen LogP contribution in [0.25, 0.3) is 16.8 Å². The van der Waals surface area contributed by atoms with Crippen LogP contribution in [0.15, 0.2) is 65.3 Å². The SMILES string of the molecule is N#C[C@H](C(=O)c1cnn(-c2ccccc2F)c1)c1nc2ccccc2o1. The number of carbonyl (C=O) groups excluding carboxylic acids is 1. The summed E-state index contributed by atoms with van der Waals surface area (Å²) in [6, 6.07) is 15.0. The highest BCUT2D eigenvalue weighted by Gasteiger charge is 2.28. The normalized spacial score (nSPS) is 12.0. The molecular formula is C19H11FN4O2. The molecule has 2 heterocycles. The topological polar surface area (TPSA) is 84.7 Å². The molecule has 0 unspecified atom stereocenters. The summed E-state index contributed by atoms with van der Waals surface area (Å²) < 4.78 is 20.7. The molecule has 0 aliphatic heterocycles. The number of halogens is 1. The minimum absolute atomic E-state index is 0.0253. The number of benzene rings is 2. The number of rotatable bonds is 4. The molecule has 0 radical (unpaired) electrons. The highest BCUT2D eigenvalue weighted by atomic mass is 19.1. The lowest BCUT2D eigenvalue weighted by atomic mass is 10.0. The monoisotopic (exact) mass is 346 g/mol. The number of aromatic nitrogens is 3. The summed E-state index contributed by atoms with van der Waals surface area (Å²) >= 11 is 0. The second kappa shape index (κ2) is 6.26. The number of para-hydroxylation sites is 3. The van der Waals surface area contributed by atoms with Gasteiger partial charge in [0.05, 0.1) is 17.8 Å². The van der Waals surface area contributed by atoms with Gasteiger partial charge in [-0.2, -0.15) is 10.4 Å². The highest BCUT2D eigenvalue weighted by Crippen LogP contribution is 2.24. The summed E-state index contributed by atoms with van der Waals surface area (Å²) in [5.74, 6) is -2.16. The van der Waals surface area contributed by atoms with E-state index in [4.69, 9.17) is 4.42 Å². The molecule has 26 heavy (non-hydrogen) atoms. The van der Waals surface area contributed by atoms with Crippen LogP contribution in [-0.4, -0.2) is 20.5 Å². The van der Waals surface area contributed by atoms with Crippen LogP contribution in [0.2, 0.25) is 0 Å². The van der Waals surface area contributed by atoms with E-state index in [1.165, 1.54) is 23.1 Å². The number of hydrogen-bond donors (Lipinski definition) is 0. The number of Topliss-reactive ketones (excluding diaryl/α,β-unsaturated/α-hetero) is 1. The zero-order valence-electron chi connectivity index (χ0n) is 13.3. The first-order valence-electron chi connectivity index (χ1n) is 7.76. The molecule has 6 nitrogen and oxygen atoms in total.